The van der Waals surface area contributed by atoms with Crippen molar-refractivity contribution in [3.63, 3.8) is 0 Å². The summed E-state index contributed by atoms with van der Waals surface area (Å²) in [5.74, 6) is -0.770. The van der Waals surface area contributed by atoms with Crippen molar-refractivity contribution in [1.29, 1.82) is 0 Å². The third kappa shape index (κ3) is 3.00. The summed E-state index contributed by atoms with van der Waals surface area (Å²) < 4.78 is 39.7. The van der Waals surface area contributed by atoms with E-state index in [1.807, 2.05) is 0 Å². The van der Waals surface area contributed by atoms with Crippen molar-refractivity contribution < 1.29 is 12.8 Å². The number of hydrogen-bond acceptors (Lipinski definition) is 4. The zero-order valence-electron chi connectivity index (χ0n) is 10.1. The first-order chi connectivity index (χ1) is 8.88. The number of anilines is 2. The molecule has 0 bridgehead atoms. The maximum Gasteiger partial charge on any atom is 0.261 e. The maximum atomic E-state index is 13.3. The highest BCUT2D eigenvalue weighted by molar-refractivity contribution is 7.92. The molecule has 0 aliphatic rings. The molecule has 0 unspecified atom stereocenters. The SMILES string of the molecule is Cc1cc(NS(=O)(=O)c2ccc(N)c(F)c2)ccn1. The highest BCUT2D eigenvalue weighted by Crippen LogP contribution is 2.19. The lowest BCUT2D eigenvalue weighted by Crippen LogP contribution is -2.13. The average Bonchev–Trinajstić information content (AvgIpc) is 2.32. The lowest BCUT2D eigenvalue weighted by atomic mass is 10.3. The molecule has 1 aromatic heterocycles. The molecule has 0 aliphatic carbocycles. The van der Waals surface area contributed by atoms with Gasteiger partial charge in [0.25, 0.3) is 10.0 Å². The molecule has 5 nitrogen and oxygen atoms in total. The predicted molar refractivity (Wildman–Crippen MR) is 70.6 cm³/mol. The van der Waals surface area contributed by atoms with Gasteiger partial charge >= 0.3 is 0 Å². The highest BCUT2D eigenvalue weighted by atomic mass is 32.2. The Morgan fingerprint density at radius 2 is 2.00 bits per heavy atom. The number of nitrogens with zero attached hydrogens (tertiary/aromatic N) is 1. The van der Waals surface area contributed by atoms with Gasteiger partial charge in [-0.15, -0.1) is 0 Å². The quantitative estimate of drug-likeness (QED) is 0.842. The molecule has 1 heterocycles. The van der Waals surface area contributed by atoms with Gasteiger partial charge in [0.1, 0.15) is 5.82 Å². The topological polar surface area (TPSA) is 85.1 Å². The summed E-state index contributed by atoms with van der Waals surface area (Å²) in [5.41, 5.74) is 6.24. The minimum absolute atomic E-state index is 0.0984. The number of halogens is 1. The molecule has 0 radical (unpaired) electrons. The van der Waals surface area contributed by atoms with Crippen LogP contribution < -0.4 is 10.5 Å². The van der Waals surface area contributed by atoms with Gasteiger partial charge < -0.3 is 5.73 Å². The Morgan fingerprint density at radius 3 is 2.63 bits per heavy atom. The van der Waals surface area contributed by atoms with E-state index in [-0.39, 0.29) is 10.6 Å². The summed E-state index contributed by atoms with van der Waals surface area (Å²) in [6.07, 6.45) is 1.48. The van der Waals surface area contributed by atoms with Crippen molar-refractivity contribution in [2.45, 2.75) is 11.8 Å². The molecule has 100 valence electrons. The number of pyridine rings is 1. The molecule has 0 fully saturated rings. The van der Waals surface area contributed by atoms with Gasteiger partial charge in [-0.25, -0.2) is 12.8 Å². The highest BCUT2D eigenvalue weighted by Gasteiger charge is 2.16. The Morgan fingerprint density at radius 1 is 1.26 bits per heavy atom. The van der Waals surface area contributed by atoms with Crippen LogP contribution in [0.25, 0.3) is 0 Å². The van der Waals surface area contributed by atoms with Crippen LogP contribution in [0.4, 0.5) is 15.8 Å². The van der Waals surface area contributed by atoms with Crippen LogP contribution >= 0.6 is 0 Å². The second-order valence-electron chi connectivity index (χ2n) is 3.97. The molecule has 2 aromatic rings. The summed E-state index contributed by atoms with van der Waals surface area (Å²) in [7, 11) is -3.84. The normalized spacial score (nSPS) is 11.3. The number of rotatable bonds is 3. The molecule has 0 spiro atoms. The Bertz CT molecular complexity index is 717. The third-order valence-electron chi connectivity index (χ3n) is 2.43. The monoisotopic (exact) mass is 281 g/mol. The molecule has 1 aromatic carbocycles. The van der Waals surface area contributed by atoms with Crippen molar-refractivity contribution in [3.8, 4) is 0 Å². The van der Waals surface area contributed by atoms with Crippen molar-refractivity contribution >= 4 is 21.4 Å². The lowest BCUT2D eigenvalue weighted by Gasteiger charge is -2.09. The number of aryl methyl sites for hydroxylation is 1. The first-order valence-corrected chi connectivity index (χ1v) is 6.87. The van der Waals surface area contributed by atoms with Gasteiger partial charge in [-0.05, 0) is 37.3 Å². The zero-order chi connectivity index (χ0) is 14.0. The van der Waals surface area contributed by atoms with Gasteiger partial charge in [0.05, 0.1) is 16.3 Å². The Balaban J connectivity index is 2.35. The first-order valence-electron chi connectivity index (χ1n) is 5.39. The lowest BCUT2D eigenvalue weighted by molar-refractivity contribution is 0.596. The van der Waals surface area contributed by atoms with E-state index in [9.17, 15) is 12.8 Å². The molecular formula is C12H12FN3O2S. The molecule has 0 amide bonds. The molecule has 0 saturated carbocycles. The number of hydrogen-bond donors (Lipinski definition) is 2. The fourth-order valence-electron chi connectivity index (χ4n) is 1.50. The number of nitrogens with one attached hydrogen (secondary N) is 1. The summed E-state index contributed by atoms with van der Waals surface area (Å²) >= 11 is 0. The summed E-state index contributed by atoms with van der Waals surface area (Å²) in [4.78, 5) is 3.77. The largest absolute Gasteiger partial charge is 0.396 e. The minimum Gasteiger partial charge on any atom is -0.396 e. The smallest absolute Gasteiger partial charge is 0.261 e. The van der Waals surface area contributed by atoms with Crippen LogP contribution in [0.3, 0.4) is 0 Å². The number of nitrogen functional groups attached to an aromatic ring is 1. The van der Waals surface area contributed by atoms with Crippen molar-refractivity contribution in [2.75, 3.05) is 10.5 Å². The molecular weight excluding hydrogens is 269 g/mol. The fraction of sp³-hybridized carbons (Fsp3) is 0.0833. The summed E-state index contributed by atoms with van der Waals surface area (Å²) in [5, 5.41) is 0. The average molecular weight is 281 g/mol. The second-order valence-corrected chi connectivity index (χ2v) is 5.66. The van der Waals surface area contributed by atoms with Gasteiger partial charge in [0.15, 0.2) is 0 Å². The molecule has 0 aliphatic heterocycles. The third-order valence-corrected chi connectivity index (χ3v) is 3.81. The Kier molecular flexibility index (Phi) is 3.39. The van der Waals surface area contributed by atoms with Crippen LogP contribution in [0.15, 0.2) is 41.4 Å². The van der Waals surface area contributed by atoms with E-state index in [1.165, 1.54) is 24.4 Å². The predicted octanol–water partition coefficient (Wildman–Crippen LogP) is 1.91. The number of benzene rings is 1. The molecule has 2 rings (SSSR count). The molecule has 19 heavy (non-hydrogen) atoms. The fourth-order valence-corrected chi connectivity index (χ4v) is 2.56. The van der Waals surface area contributed by atoms with Gasteiger partial charge in [-0.3, -0.25) is 9.71 Å². The minimum atomic E-state index is -3.84. The maximum absolute atomic E-state index is 13.3. The standard InChI is InChI=1S/C12H12FN3O2S/c1-8-6-9(4-5-15-8)16-19(17,18)10-2-3-12(14)11(13)7-10/h2-7H,14H2,1H3,(H,15,16). The van der Waals surface area contributed by atoms with Crippen LogP contribution in [0.5, 0.6) is 0 Å². The van der Waals surface area contributed by atoms with Gasteiger partial charge in [0.2, 0.25) is 0 Å². The molecule has 3 N–H and O–H groups in total. The summed E-state index contributed by atoms with van der Waals surface area (Å²) in [6.45, 7) is 1.74. The van der Waals surface area contributed by atoms with E-state index in [2.05, 4.69) is 9.71 Å². The number of sulfonamides is 1. The van der Waals surface area contributed by atoms with E-state index in [0.717, 1.165) is 6.07 Å². The Hall–Kier alpha value is -2.15. The van der Waals surface area contributed by atoms with Crippen LogP contribution in [-0.4, -0.2) is 13.4 Å². The van der Waals surface area contributed by atoms with Crippen molar-refractivity contribution in [1.82, 2.24) is 4.98 Å². The van der Waals surface area contributed by atoms with Gasteiger partial charge in [0, 0.05) is 11.9 Å². The van der Waals surface area contributed by atoms with Crippen molar-refractivity contribution in [3.05, 3.63) is 48.0 Å². The Labute approximate surface area is 110 Å². The second kappa shape index (κ2) is 4.85. The summed E-state index contributed by atoms with van der Waals surface area (Å²) in [6, 6.07) is 6.42. The van der Waals surface area contributed by atoms with E-state index < -0.39 is 15.8 Å². The van der Waals surface area contributed by atoms with Crippen LogP contribution in [0.2, 0.25) is 0 Å². The van der Waals surface area contributed by atoms with E-state index in [0.29, 0.717) is 11.4 Å². The van der Waals surface area contributed by atoms with Crippen molar-refractivity contribution in [2.24, 2.45) is 0 Å². The molecule has 7 heteroatoms. The first kappa shape index (κ1) is 13.3. The van der Waals surface area contributed by atoms with Gasteiger partial charge in [-0.1, -0.05) is 0 Å². The van der Waals surface area contributed by atoms with E-state index in [4.69, 9.17) is 5.73 Å². The van der Waals surface area contributed by atoms with Crippen LogP contribution in [-0.2, 0) is 10.0 Å². The van der Waals surface area contributed by atoms with Crippen LogP contribution in [0, 0.1) is 12.7 Å². The number of nitrogens with two attached hydrogens (primary N) is 1. The molecule has 0 saturated heterocycles. The number of aromatic nitrogens is 1. The van der Waals surface area contributed by atoms with Crippen LogP contribution in [0.1, 0.15) is 5.69 Å². The van der Waals surface area contributed by atoms with Gasteiger partial charge in [-0.2, -0.15) is 0 Å². The zero-order valence-corrected chi connectivity index (χ0v) is 10.9. The van der Waals surface area contributed by atoms with E-state index >= 15 is 0 Å². The molecule has 0 atom stereocenters. The van der Waals surface area contributed by atoms with E-state index in [1.54, 1.807) is 13.0 Å².